The van der Waals surface area contributed by atoms with Gasteiger partial charge in [0.1, 0.15) is 18.1 Å². The molecule has 36 heavy (non-hydrogen) atoms. The monoisotopic (exact) mass is 489 g/mol. The second-order valence-electron chi connectivity index (χ2n) is 9.39. The van der Waals surface area contributed by atoms with E-state index in [9.17, 15) is 14.7 Å². The van der Waals surface area contributed by atoms with Crippen molar-refractivity contribution in [2.45, 2.75) is 52.7 Å². The van der Waals surface area contributed by atoms with Gasteiger partial charge in [-0.15, -0.1) is 0 Å². The summed E-state index contributed by atoms with van der Waals surface area (Å²) >= 11 is 0. The second kappa shape index (κ2) is 12.8. The molecule has 6 nitrogen and oxygen atoms in total. The zero-order chi connectivity index (χ0) is 26.1. The zero-order valence-electron chi connectivity index (χ0n) is 21.4. The highest BCUT2D eigenvalue weighted by Gasteiger charge is 2.23. The summed E-state index contributed by atoms with van der Waals surface area (Å²) < 4.78 is 11.5. The maximum Gasteiger partial charge on any atom is 0.303 e. The number of hydrogen-bond donors (Lipinski definition) is 2. The van der Waals surface area contributed by atoms with Gasteiger partial charge in [0.15, 0.2) is 0 Å². The molecule has 3 aromatic carbocycles. The quantitative estimate of drug-likeness (QED) is 0.320. The number of ether oxygens (including phenoxy) is 2. The van der Waals surface area contributed by atoms with Crippen LogP contribution < -0.4 is 14.8 Å². The van der Waals surface area contributed by atoms with Crippen molar-refractivity contribution in [2.24, 2.45) is 5.92 Å². The number of carbonyl (C=O) groups is 2. The van der Waals surface area contributed by atoms with Gasteiger partial charge in [-0.25, -0.2) is 0 Å². The average molecular weight is 490 g/mol. The maximum atomic E-state index is 13.6. The number of aliphatic carboxylic acids is 1. The number of para-hydroxylation sites is 1. The molecule has 0 saturated carbocycles. The van der Waals surface area contributed by atoms with Crippen LogP contribution in [0.25, 0.3) is 0 Å². The van der Waals surface area contributed by atoms with Gasteiger partial charge >= 0.3 is 5.97 Å². The van der Waals surface area contributed by atoms with Gasteiger partial charge in [-0.1, -0.05) is 61.9 Å². The summed E-state index contributed by atoms with van der Waals surface area (Å²) in [5.41, 5.74) is 3.99. The lowest BCUT2D eigenvalue weighted by atomic mass is 9.93. The first-order valence-electron chi connectivity index (χ1n) is 12.2. The topological polar surface area (TPSA) is 84.9 Å². The summed E-state index contributed by atoms with van der Waals surface area (Å²) in [6.45, 7) is 6.53. The minimum Gasteiger partial charge on any atom is -0.496 e. The number of hydrogen-bond acceptors (Lipinski definition) is 4. The Morgan fingerprint density at radius 1 is 1.00 bits per heavy atom. The molecule has 0 aliphatic heterocycles. The summed E-state index contributed by atoms with van der Waals surface area (Å²) in [5, 5.41) is 12.4. The van der Waals surface area contributed by atoms with Crippen LogP contribution in [0.15, 0.2) is 66.7 Å². The van der Waals surface area contributed by atoms with Crippen molar-refractivity contribution in [3.05, 3.63) is 94.5 Å². The van der Waals surface area contributed by atoms with Crippen molar-refractivity contribution >= 4 is 11.9 Å². The van der Waals surface area contributed by atoms with E-state index in [2.05, 4.69) is 19.2 Å². The minimum atomic E-state index is -0.903. The zero-order valence-corrected chi connectivity index (χ0v) is 21.4. The summed E-state index contributed by atoms with van der Waals surface area (Å²) in [7, 11) is 1.63. The lowest BCUT2D eigenvalue weighted by Crippen LogP contribution is -2.31. The van der Waals surface area contributed by atoms with Crippen LogP contribution in [0.3, 0.4) is 0 Å². The summed E-state index contributed by atoms with van der Waals surface area (Å²) in [5.74, 6) is 0.647. The first-order valence-corrected chi connectivity index (χ1v) is 12.2. The Morgan fingerprint density at radius 3 is 2.42 bits per heavy atom. The summed E-state index contributed by atoms with van der Waals surface area (Å²) in [4.78, 5) is 24.9. The minimum absolute atomic E-state index is 0.0543. The van der Waals surface area contributed by atoms with Crippen molar-refractivity contribution < 1.29 is 24.2 Å². The van der Waals surface area contributed by atoms with E-state index in [1.807, 2.05) is 67.6 Å². The van der Waals surface area contributed by atoms with Crippen molar-refractivity contribution in [1.82, 2.24) is 5.32 Å². The molecule has 0 aromatic heterocycles. The van der Waals surface area contributed by atoms with Gasteiger partial charge in [-0.2, -0.15) is 0 Å². The number of carbonyl (C=O) groups excluding carboxylic acids is 1. The van der Waals surface area contributed by atoms with E-state index in [1.165, 1.54) is 0 Å². The predicted molar refractivity (Wildman–Crippen MR) is 141 cm³/mol. The van der Waals surface area contributed by atoms with Crippen LogP contribution in [0.2, 0.25) is 0 Å². The molecule has 6 heteroatoms. The van der Waals surface area contributed by atoms with Crippen LogP contribution in [0.5, 0.6) is 11.5 Å². The maximum absolute atomic E-state index is 13.6. The van der Waals surface area contributed by atoms with Gasteiger partial charge in [-0.3, -0.25) is 9.59 Å². The van der Waals surface area contributed by atoms with Gasteiger partial charge in [0.25, 0.3) is 5.91 Å². The Kier molecular flexibility index (Phi) is 9.51. The van der Waals surface area contributed by atoms with E-state index in [0.29, 0.717) is 23.7 Å². The third-order valence-electron chi connectivity index (χ3n) is 5.95. The molecule has 190 valence electrons. The van der Waals surface area contributed by atoms with Crippen LogP contribution in [0, 0.1) is 12.8 Å². The first-order chi connectivity index (χ1) is 17.3. The number of aryl methyl sites for hydroxylation is 2. The lowest BCUT2D eigenvalue weighted by Gasteiger charge is -2.24. The molecule has 0 bridgehead atoms. The molecular formula is C30H35NO5. The number of methoxy groups -OCH3 is 1. The number of carboxylic acids is 1. The molecule has 0 fully saturated rings. The van der Waals surface area contributed by atoms with E-state index in [4.69, 9.17) is 9.47 Å². The molecule has 0 radical (unpaired) electrons. The van der Waals surface area contributed by atoms with Gasteiger partial charge in [0.2, 0.25) is 0 Å². The fourth-order valence-electron chi connectivity index (χ4n) is 4.16. The molecule has 0 saturated heterocycles. The van der Waals surface area contributed by atoms with E-state index in [1.54, 1.807) is 13.2 Å². The molecule has 0 aliphatic rings. The number of rotatable bonds is 12. The van der Waals surface area contributed by atoms with Crippen LogP contribution in [-0.4, -0.2) is 24.1 Å². The molecule has 2 N–H and O–H groups in total. The highest BCUT2D eigenvalue weighted by molar-refractivity contribution is 5.96. The number of amides is 1. The molecular weight excluding hydrogens is 454 g/mol. The third-order valence-corrected chi connectivity index (χ3v) is 5.95. The SMILES string of the molecule is COc1ccc(C)cc1C(CC(C)C)NC(=O)c1cc(COc2ccccc2)ccc1CCC(=O)O. The molecule has 0 heterocycles. The standard InChI is InChI=1S/C30H35NO5/c1-20(2)16-27(26-17-21(3)10-14-28(26)35-4)31-30(34)25-18-22(11-12-23(25)13-15-29(32)33)19-36-24-8-6-5-7-9-24/h5-12,14,17-18,20,27H,13,15-16,19H2,1-4H3,(H,31,34)(H,32,33). The summed E-state index contributed by atoms with van der Waals surface area (Å²) in [6, 6.07) is 20.7. The number of benzene rings is 3. The van der Waals surface area contributed by atoms with E-state index >= 15 is 0 Å². The van der Waals surface area contributed by atoms with Gasteiger partial charge < -0.3 is 19.9 Å². The molecule has 0 aliphatic carbocycles. The Hall–Kier alpha value is -3.80. The van der Waals surface area contributed by atoms with Crippen molar-refractivity contribution in [3.8, 4) is 11.5 Å². The van der Waals surface area contributed by atoms with Crippen LogP contribution >= 0.6 is 0 Å². The third kappa shape index (κ3) is 7.60. The van der Waals surface area contributed by atoms with E-state index in [0.717, 1.165) is 34.6 Å². The smallest absolute Gasteiger partial charge is 0.303 e. The highest BCUT2D eigenvalue weighted by atomic mass is 16.5. The Morgan fingerprint density at radius 2 is 1.75 bits per heavy atom. The van der Waals surface area contributed by atoms with E-state index in [-0.39, 0.29) is 24.8 Å². The molecule has 3 rings (SSSR count). The largest absolute Gasteiger partial charge is 0.496 e. The van der Waals surface area contributed by atoms with Crippen molar-refractivity contribution in [1.29, 1.82) is 0 Å². The Bertz CT molecular complexity index is 1170. The van der Waals surface area contributed by atoms with Crippen LogP contribution in [-0.2, 0) is 17.8 Å². The number of carboxylic acid groups (broad SMARTS) is 1. The van der Waals surface area contributed by atoms with Crippen molar-refractivity contribution in [3.63, 3.8) is 0 Å². The summed E-state index contributed by atoms with van der Waals surface area (Å²) in [6.07, 6.45) is 0.939. The lowest BCUT2D eigenvalue weighted by molar-refractivity contribution is -0.136. The van der Waals surface area contributed by atoms with Crippen LogP contribution in [0.1, 0.15) is 65.3 Å². The molecule has 0 spiro atoms. The normalized spacial score (nSPS) is 11.7. The molecule has 1 amide bonds. The fraction of sp³-hybridized carbons (Fsp3) is 0.333. The van der Waals surface area contributed by atoms with E-state index < -0.39 is 5.97 Å². The molecule has 1 atom stereocenters. The Labute approximate surface area is 213 Å². The molecule has 3 aromatic rings. The second-order valence-corrected chi connectivity index (χ2v) is 9.39. The Balaban J connectivity index is 1.91. The fourth-order valence-corrected chi connectivity index (χ4v) is 4.16. The molecule has 1 unspecified atom stereocenters. The highest BCUT2D eigenvalue weighted by Crippen LogP contribution is 2.31. The van der Waals surface area contributed by atoms with Crippen molar-refractivity contribution in [2.75, 3.05) is 7.11 Å². The predicted octanol–water partition coefficient (Wildman–Crippen LogP) is 6.12. The first kappa shape index (κ1) is 26.8. The average Bonchev–Trinajstić information content (AvgIpc) is 2.86. The van der Waals surface area contributed by atoms with Gasteiger partial charge in [-0.05, 0) is 61.1 Å². The van der Waals surface area contributed by atoms with Gasteiger partial charge in [0, 0.05) is 17.5 Å². The van der Waals surface area contributed by atoms with Crippen LogP contribution in [0.4, 0.5) is 0 Å². The number of nitrogens with one attached hydrogen (secondary N) is 1. The van der Waals surface area contributed by atoms with Gasteiger partial charge in [0.05, 0.1) is 13.2 Å².